The van der Waals surface area contributed by atoms with E-state index in [1.165, 1.54) is 12.1 Å². The average molecular weight is 282 g/mol. The first-order chi connectivity index (χ1) is 8.93. The van der Waals surface area contributed by atoms with Crippen molar-refractivity contribution in [1.82, 2.24) is 0 Å². The van der Waals surface area contributed by atoms with Crippen LogP contribution < -0.4 is 11.1 Å². The molecular formula is C13H18N2O3S. The van der Waals surface area contributed by atoms with Gasteiger partial charge in [-0.25, -0.2) is 0 Å². The molecule has 0 spiro atoms. The van der Waals surface area contributed by atoms with Gasteiger partial charge in [0.15, 0.2) is 0 Å². The predicted molar refractivity (Wildman–Crippen MR) is 79.1 cm³/mol. The van der Waals surface area contributed by atoms with Crippen LogP contribution >= 0.6 is 0 Å². The number of fused-ring (bicyclic) bond motifs is 1. The van der Waals surface area contributed by atoms with Crippen molar-refractivity contribution in [1.29, 1.82) is 0 Å². The molecule has 0 unspecified atom stereocenters. The summed E-state index contributed by atoms with van der Waals surface area (Å²) in [4.78, 5) is -0.146. The Balaban J connectivity index is 0.000000861. The van der Waals surface area contributed by atoms with Crippen LogP contribution in [0.5, 0.6) is 0 Å². The van der Waals surface area contributed by atoms with Crippen LogP contribution in [0.25, 0.3) is 10.8 Å². The van der Waals surface area contributed by atoms with Gasteiger partial charge in [0.2, 0.25) is 0 Å². The third-order valence-corrected chi connectivity index (χ3v) is 3.44. The first kappa shape index (κ1) is 15.3. The molecule has 0 saturated heterocycles. The minimum atomic E-state index is -4.20. The van der Waals surface area contributed by atoms with Crippen molar-refractivity contribution in [3.8, 4) is 0 Å². The fourth-order valence-electron chi connectivity index (χ4n) is 1.73. The van der Waals surface area contributed by atoms with Gasteiger partial charge in [-0.15, -0.1) is 0 Å². The molecule has 0 fully saturated rings. The van der Waals surface area contributed by atoms with Crippen LogP contribution in [-0.2, 0) is 10.1 Å². The summed E-state index contributed by atoms with van der Waals surface area (Å²) < 4.78 is 31.1. The second-order valence-electron chi connectivity index (χ2n) is 3.63. The lowest BCUT2D eigenvalue weighted by atomic mass is 10.1. The molecule has 0 aromatic heterocycles. The topological polar surface area (TPSA) is 92.4 Å². The van der Waals surface area contributed by atoms with Gasteiger partial charge in [-0.2, -0.15) is 8.42 Å². The van der Waals surface area contributed by atoms with Crippen LogP contribution in [0.4, 0.5) is 11.4 Å². The highest BCUT2D eigenvalue weighted by molar-refractivity contribution is 7.85. The number of nitrogens with one attached hydrogen (secondary N) is 1. The molecule has 2 aromatic rings. The van der Waals surface area contributed by atoms with Crippen molar-refractivity contribution in [3.05, 3.63) is 30.3 Å². The zero-order valence-electron chi connectivity index (χ0n) is 11.1. The van der Waals surface area contributed by atoms with Crippen molar-refractivity contribution in [2.24, 2.45) is 0 Å². The summed E-state index contributed by atoms with van der Waals surface area (Å²) in [5.74, 6) is 0. The SMILES string of the molecule is CC.CNc1ccc(N)c2ccc(S(=O)(=O)O)cc12. The largest absolute Gasteiger partial charge is 0.398 e. The number of benzene rings is 2. The monoisotopic (exact) mass is 282 g/mol. The minimum Gasteiger partial charge on any atom is -0.398 e. The number of anilines is 2. The fourth-order valence-corrected chi connectivity index (χ4v) is 2.24. The van der Waals surface area contributed by atoms with Gasteiger partial charge in [-0.3, -0.25) is 4.55 Å². The predicted octanol–water partition coefficient (Wildman–Crippen LogP) is 2.74. The molecule has 0 amide bonds. The summed E-state index contributed by atoms with van der Waals surface area (Å²) >= 11 is 0. The summed E-state index contributed by atoms with van der Waals surface area (Å²) in [5.41, 5.74) is 7.11. The van der Waals surface area contributed by atoms with Crippen molar-refractivity contribution < 1.29 is 13.0 Å². The van der Waals surface area contributed by atoms with E-state index in [2.05, 4.69) is 5.32 Å². The quantitative estimate of drug-likeness (QED) is 0.582. The lowest BCUT2D eigenvalue weighted by Gasteiger charge is -2.09. The second kappa shape index (κ2) is 5.90. The highest BCUT2D eigenvalue weighted by Gasteiger charge is 2.12. The van der Waals surface area contributed by atoms with Crippen LogP contribution in [0.1, 0.15) is 13.8 Å². The van der Waals surface area contributed by atoms with Gasteiger partial charge in [-0.05, 0) is 24.3 Å². The van der Waals surface area contributed by atoms with Crippen LogP contribution in [0.3, 0.4) is 0 Å². The molecule has 5 nitrogen and oxygen atoms in total. The molecule has 0 atom stereocenters. The van der Waals surface area contributed by atoms with E-state index >= 15 is 0 Å². The molecule has 104 valence electrons. The number of hydrogen-bond donors (Lipinski definition) is 3. The van der Waals surface area contributed by atoms with Crippen LogP contribution in [0.2, 0.25) is 0 Å². The van der Waals surface area contributed by atoms with Crippen molar-refractivity contribution in [2.75, 3.05) is 18.1 Å². The van der Waals surface area contributed by atoms with Crippen molar-refractivity contribution in [3.63, 3.8) is 0 Å². The lowest BCUT2D eigenvalue weighted by Crippen LogP contribution is -1.99. The molecular weight excluding hydrogens is 264 g/mol. The van der Waals surface area contributed by atoms with E-state index in [0.717, 1.165) is 11.1 Å². The molecule has 0 saturated carbocycles. The Kier molecular flexibility index (Phi) is 4.74. The van der Waals surface area contributed by atoms with Crippen LogP contribution in [0, 0.1) is 0 Å². The molecule has 2 aromatic carbocycles. The Morgan fingerprint density at radius 2 is 1.74 bits per heavy atom. The molecule has 2 rings (SSSR count). The third kappa shape index (κ3) is 3.15. The maximum absolute atomic E-state index is 11.1. The Morgan fingerprint density at radius 1 is 1.11 bits per heavy atom. The maximum atomic E-state index is 11.1. The van der Waals surface area contributed by atoms with E-state index < -0.39 is 10.1 Å². The van der Waals surface area contributed by atoms with Gasteiger partial charge in [0, 0.05) is 29.2 Å². The van der Waals surface area contributed by atoms with Gasteiger partial charge in [0.05, 0.1) is 4.90 Å². The maximum Gasteiger partial charge on any atom is 0.294 e. The normalized spacial score (nSPS) is 10.7. The second-order valence-corrected chi connectivity index (χ2v) is 5.06. The van der Waals surface area contributed by atoms with E-state index in [0.29, 0.717) is 11.1 Å². The first-order valence-corrected chi connectivity index (χ1v) is 7.35. The van der Waals surface area contributed by atoms with Gasteiger partial charge in [0.1, 0.15) is 0 Å². The van der Waals surface area contributed by atoms with Crippen molar-refractivity contribution in [2.45, 2.75) is 18.7 Å². The smallest absolute Gasteiger partial charge is 0.294 e. The highest BCUT2D eigenvalue weighted by atomic mass is 32.2. The summed E-state index contributed by atoms with van der Waals surface area (Å²) in [6.07, 6.45) is 0. The average Bonchev–Trinajstić information content (AvgIpc) is 2.40. The fraction of sp³-hybridized carbons (Fsp3) is 0.231. The summed E-state index contributed by atoms with van der Waals surface area (Å²) in [6, 6.07) is 7.79. The molecule has 0 aliphatic carbocycles. The third-order valence-electron chi connectivity index (χ3n) is 2.59. The Labute approximate surface area is 113 Å². The van der Waals surface area contributed by atoms with E-state index in [1.54, 1.807) is 25.2 Å². The molecule has 0 heterocycles. The van der Waals surface area contributed by atoms with E-state index in [1.807, 2.05) is 13.8 Å². The molecule has 4 N–H and O–H groups in total. The number of nitrogen functional groups attached to an aromatic ring is 1. The van der Waals surface area contributed by atoms with Crippen LogP contribution in [-0.4, -0.2) is 20.0 Å². The molecule has 0 bridgehead atoms. The van der Waals surface area contributed by atoms with Gasteiger partial charge >= 0.3 is 0 Å². The Morgan fingerprint density at radius 3 is 2.26 bits per heavy atom. The standard InChI is InChI=1S/C11H12N2O3S.C2H6/c1-13-11-5-4-10(12)8-3-2-7(6-9(8)11)17(14,15)16;1-2/h2-6,13H,12H2,1H3,(H,14,15,16);1-2H3. The van der Waals surface area contributed by atoms with E-state index in [4.69, 9.17) is 10.3 Å². The van der Waals surface area contributed by atoms with Crippen molar-refractivity contribution >= 4 is 32.3 Å². The zero-order chi connectivity index (χ0) is 14.6. The number of hydrogen-bond acceptors (Lipinski definition) is 4. The lowest BCUT2D eigenvalue weighted by molar-refractivity contribution is 0.483. The molecule has 0 aliphatic rings. The highest BCUT2D eigenvalue weighted by Crippen LogP contribution is 2.30. The first-order valence-electron chi connectivity index (χ1n) is 5.91. The number of rotatable bonds is 2. The summed E-state index contributed by atoms with van der Waals surface area (Å²) in [6.45, 7) is 4.00. The molecule has 0 radical (unpaired) electrons. The van der Waals surface area contributed by atoms with E-state index in [-0.39, 0.29) is 4.90 Å². The zero-order valence-corrected chi connectivity index (χ0v) is 12.0. The molecule has 19 heavy (non-hydrogen) atoms. The number of nitrogens with two attached hydrogens (primary N) is 1. The van der Waals surface area contributed by atoms with Gasteiger partial charge < -0.3 is 11.1 Å². The van der Waals surface area contributed by atoms with Gasteiger partial charge in [0.25, 0.3) is 10.1 Å². The minimum absolute atomic E-state index is 0.146. The Bertz CT molecular complexity index is 682. The summed E-state index contributed by atoms with van der Waals surface area (Å²) in [5, 5.41) is 4.34. The van der Waals surface area contributed by atoms with Gasteiger partial charge in [-0.1, -0.05) is 19.9 Å². The van der Waals surface area contributed by atoms with Crippen LogP contribution in [0.15, 0.2) is 35.2 Å². The summed E-state index contributed by atoms with van der Waals surface area (Å²) in [7, 11) is -2.47. The molecule has 0 aliphatic heterocycles. The van der Waals surface area contributed by atoms with E-state index in [9.17, 15) is 8.42 Å². The molecule has 6 heteroatoms. The Hall–Kier alpha value is -1.79.